The lowest BCUT2D eigenvalue weighted by Gasteiger charge is -2.21. The summed E-state index contributed by atoms with van der Waals surface area (Å²) in [4.78, 5) is 11.4. The molecule has 0 aromatic heterocycles. The minimum atomic E-state index is 0.108. The van der Waals surface area contributed by atoms with Crippen molar-refractivity contribution < 1.29 is 4.79 Å². The Kier molecular flexibility index (Phi) is 4.27. The Morgan fingerprint density at radius 3 is 2.85 bits per heavy atom. The van der Waals surface area contributed by atoms with Crippen molar-refractivity contribution in [2.24, 2.45) is 5.92 Å². The summed E-state index contributed by atoms with van der Waals surface area (Å²) >= 11 is 0. The molecule has 72 valence electrons. The van der Waals surface area contributed by atoms with Gasteiger partial charge in [0.1, 0.15) is 0 Å². The Morgan fingerprint density at radius 2 is 2.23 bits per heavy atom. The van der Waals surface area contributed by atoms with E-state index in [1.54, 1.807) is 0 Å². The fourth-order valence-electron chi connectivity index (χ4n) is 1.47. The van der Waals surface area contributed by atoms with Crippen molar-refractivity contribution in [3.05, 3.63) is 0 Å². The van der Waals surface area contributed by atoms with Crippen LogP contribution < -0.4 is 10.6 Å². The number of nitrogens with one attached hydrogen (secondary N) is 2. The second kappa shape index (κ2) is 5.55. The summed E-state index contributed by atoms with van der Waals surface area (Å²) in [5.74, 6) is 0.261. The molecule has 1 saturated heterocycles. The molecule has 0 aromatic rings. The molecule has 1 amide bonds. The maximum atomic E-state index is 11.4. The van der Waals surface area contributed by atoms with Gasteiger partial charge in [0, 0.05) is 12.5 Å². The normalized spacial score (nSPS) is 17.8. The lowest BCUT2D eigenvalue weighted by molar-refractivity contribution is -0.125. The highest BCUT2D eigenvalue weighted by Crippen LogP contribution is 2.10. The van der Waals surface area contributed by atoms with E-state index in [1.807, 2.05) is 6.07 Å². The van der Waals surface area contributed by atoms with Gasteiger partial charge in [-0.25, -0.2) is 0 Å². The van der Waals surface area contributed by atoms with Gasteiger partial charge in [-0.2, -0.15) is 5.26 Å². The predicted molar refractivity (Wildman–Crippen MR) is 48.8 cm³/mol. The molecule has 13 heavy (non-hydrogen) atoms. The summed E-state index contributed by atoms with van der Waals surface area (Å²) < 4.78 is 0. The number of piperidine rings is 1. The second-order valence-electron chi connectivity index (χ2n) is 3.22. The highest BCUT2D eigenvalue weighted by molar-refractivity contribution is 5.78. The monoisotopic (exact) mass is 181 g/mol. The van der Waals surface area contributed by atoms with Crippen LogP contribution in [0.3, 0.4) is 0 Å². The fraction of sp³-hybridized carbons (Fsp3) is 0.778. The van der Waals surface area contributed by atoms with Crippen molar-refractivity contribution in [3.8, 4) is 6.07 Å². The van der Waals surface area contributed by atoms with Gasteiger partial charge in [0.15, 0.2) is 0 Å². The molecule has 0 spiro atoms. The van der Waals surface area contributed by atoms with Crippen molar-refractivity contribution >= 4 is 5.91 Å². The second-order valence-corrected chi connectivity index (χ2v) is 3.22. The molecule has 1 aliphatic rings. The summed E-state index contributed by atoms with van der Waals surface area (Å²) in [5, 5.41) is 14.2. The van der Waals surface area contributed by atoms with Crippen LogP contribution in [0.4, 0.5) is 0 Å². The molecule has 4 heteroatoms. The molecule has 1 heterocycles. The summed E-state index contributed by atoms with van der Waals surface area (Å²) in [6.07, 6.45) is 2.23. The molecule has 1 aliphatic heterocycles. The average Bonchev–Trinajstić information content (AvgIpc) is 2.19. The van der Waals surface area contributed by atoms with E-state index >= 15 is 0 Å². The number of rotatable bonds is 3. The lowest BCUT2D eigenvalue weighted by atomic mass is 9.97. The van der Waals surface area contributed by atoms with Crippen LogP contribution in [0.25, 0.3) is 0 Å². The van der Waals surface area contributed by atoms with Crippen LogP contribution in [-0.4, -0.2) is 25.5 Å². The maximum Gasteiger partial charge on any atom is 0.223 e. The molecule has 2 N–H and O–H groups in total. The Morgan fingerprint density at radius 1 is 1.54 bits per heavy atom. The van der Waals surface area contributed by atoms with E-state index in [4.69, 9.17) is 5.26 Å². The molecule has 4 nitrogen and oxygen atoms in total. The average molecular weight is 181 g/mol. The molecule has 0 unspecified atom stereocenters. The Balaban J connectivity index is 2.18. The first-order valence-corrected chi connectivity index (χ1v) is 4.70. The molecule has 0 radical (unpaired) electrons. The standard InChI is InChI=1S/C9H15N3O/c10-4-1-5-12-9(13)8-2-6-11-7-3-8/h8,11H,1-3,5-7H2,(H,12,13). The molecule has 1 rings (SSSR count). The fourth-order valence-corrected chi connectivity index (χ4v) is 1.47. The molecule has 0 atom stereocenters. The first-order valence-electron chi connectivity index (χ1n) is 4.70. The predicted octanol–water partition coefficient (Wildman–Crippen LogP) is 0.0159. The van der Waals surface area contributed by atoms with Crippen LogP contribution in [-0.2, 0) is 4.79 Å². The Labute approximate surface area is 78.3 Å². The van der Waals surface area contributed by atoms with Gasteiger partial charge < -0.3 is 10.6 Å². The van der Waals surface area contributed by atoms with Gasteiger partial charge in [0.25, 0.3) is 0 Å². The Hall–Kier alpha value is -1.08. The largest absolute Gasteiger partial charge is 0.355 e. The number of carbonyl (C=O) groups is 1. The first-order chi connectivity index (χ1) is 6.34. The van der Waals surface area contributed by atoms with E-state index in [9.17, 15) is 4.79 Å². The van der Waals surface area contributed by atoms with Crippen LogP contribution in [0.5, 0.6) is 0 Å². The topological polar surface area (TPSA) is 64.9 Å². The zero-order valence-electron chi connectivity index (χ0n) is 7.68. The smallest absolute Gasteiger partial charge is 0.223 e. The molecule has 0 bridgehead atoms. The number of hydrogen-bond donors (Lipinski definition) is 2. The van der Waals surface area contributed by atoms with Crippen molar-refractivity contribution in [1.29, 1.82) is 5.26 Å². The third kappa shape index (κ3) is 3.43. The van der Waals surface area contributed by atoms with Crippen molar-refractivity contribution in [1.82, 2.24) is 10.6 Å². The summed E-state index contributed by atoms with van der Waals surface area (Å²) in [6.45, 7) is 2.34. The summed E-state index contributed by atoms with van der Waals surface area (Å²) in [5.41, 5.74) is 0. The molecule has 0 aliphatic carbocycles. The highest BCUT2D eigenvalue weighted by atomic mass is 16.1. The quantitative estimate of drug-likeness (QED) is 0.603. The number of amides is 1. The van der Waals surface area contributed by atoms with Crippen molar-refractivity contribution in [2.75, 3.05) is 19.6 Å². The van der Waals surface area contributed by atoms with E-state index in [2.05, 4.69) is 10.6 Å². The van der Waals surface area contributed by atoms with E-state index in [0.717, 1.165) is 25.9 Å². The third-order valence-electron chi connectivity index (χ3n) is 2.25. The number of carbonyl (C=O) groups excluding carboxylic acids is 1. The van der Waals surface area contributed by atoms with Gasteiger partial charge >= 0.3 is 0 Å². The van der Waals surface area contributed by atoms with Gasteiger partial charge in [-0.15, -0.1) is 0 Å². The zero-order chi connectivity index (χ0) is 9.52. The Bertz CT molecular complexity index is 203. The minimum Gasteiger partial charge on any atom is -0.355 e. The van der Waals surface area contributed by atoms with E-state index in [1.165, 1.54) is 0 Å². The van der Waals surface area contributed by atoms with Gasteiger partial charge in [-0.05, 0) is 25.9 Å². The zero-order valence-corrected chi connectivity index (χ0v) is 7.68. The van der Waals surface area contributed by atoms with Crippen molar-refractivity contribution in [2.45, 2.75) is 19.3 Å². The number of nitriles is 1. The SMILES string of the molecule is N#CCCNC(=O)C1CCNCC1. The van der Waals surface area contributed by atoms with Gasteiger partial charge in [-0.1, -0.05) is 0 Å². The lowest BCUT2D eigenvalue weighted by Crippen LogP contribution is -2.38. The summed E-state index contributed by atoms with van der Waals surface area (Å²) in [7, 11) is 0. The maximum absolute atomic E-state index is 11.4. The molecular weight excluding hydrogens is 166 g/mol. The molecule has 0 aromatic carbocycles. The molecule has 1 fully saturated rings. The number of nitrogens with zero attached hydrogens (tertiary/aromatic N) is 1. The van der Waals surface area contributed by atoms with E-state index in [0.29, 0.717) is 13.0 Å². The first kappa shape index (κ1) is 10.0. The van der Waals surface area contributed by atoms with Crippen LogP contribution in [0.2, 0.25) is 0 Å². The molecule has 0 saturated carbocycles. The van der Waals surface area contributed by atoms with Crippen LogP contribution in [0.15, 0.2) is 0 Å². The molecular formula is C9H15N3O. The van der Waals surface area contributed by atoms with Crippen LogP contribution in [0.1, 0.15) is 19.3 Å². The van der Waals surface area contributed by atoms with E-state index in [-0.39, 0.29) is 11.8 Å². The van der Waals surface area contributed by atoms with Gasteiger partial charge in [0.05, 0.1) is 12.5 Å². The van der Waals surface area contributed by atoms with Crippen molar-refractivity contribution in [3.63, 3.8) is 0 Å². The van der Waals surface area contributed by atoms with Gasteiger partial charge in [0.2, 0.25) is 5.91 Å². The van der Waals surface area contributed by atoms with Crippen LogP contribution in [0, 0.1) is 17.2 Å². The highest BCUT2D eigenvalue weighted by Gasteiger charge is 2.19. The van der Waals surface area contributed by atoms with Gasteiger partial charge in [-0.3, -0.25) is 4.79 Å². The third-order valence-corrected chi connectivity index (χ3v) is 2.25. The van der Waals surface area contributed by atoms with E-state index < -0.39 is 0 Å². The minimum absolute atomic E-state index is 0.108. The number of hydrogen-bond acceptors (Lipinski definition) is 3. The summed E-state index contributed by atoms with van der Waals surface area (Å²) in [6, 6.07) is 2.00. The van der Waals surface area contributed by atoms with Crippen LogP contribution >= 0.6 is 0 Å².